The van der Waals surface area contributed by atoms with Crippen LogP contribution in [0.15, 0.2) is 47.4 Å². The number of ether oxygens (including phenoxy) is 1. The lowest BCUT2D eigenvalue weighted by molar-refractivity contribution is 0.0745. The molecule has 7 nitrogen and oxygen atoms in total. The van der Waals surface area contributed by atoms with Crippen LogP contribution in [0.1, 0.15) is 16.1 Å². The molecule has 0 unspecified atom stereocenters. The van der Waals surface area contributed by atoms with Crippen LogP contribution in [-0.2, 0) is 11.3 Å². The molecule has 4 rings (SSSR count). The lowest BCUT2D eigenvalue weighted by atomic mass is 10.1. The average Bonchev–Trinajstić information content (AvgIpc) is 2.79. The van der Waals surface area contributed by atoms with Gasteiger partial charge in [-0.3, -0.25) is 14.6 Å². The summed E-state index contributed by atoms with van der Waals surface area (Å²) in [7, 11) is 1.59. The first-order chi connectivity index (χ1) is 15.0. The summed E-state index contributed by atoms with van der Waals surface area (Å²) < 4.78 is 19.8. The number of aryl methyl sites for hydroxylation is 1. The Hall–Kier alpha value is -3.26. The quantitative estimate of drug-likeness (QED) is 0.630. The highest BCUT2D eigenvalue weighted by atomic mass is 19.1. The largest absolute Gasteiger partial charge is 0.383 e. The van der Waals surface area contributed by atoms with E-state index < -0.39 is 0 Å². The third-order valence-electron chi connectivity index (χ3n) is 5.67. The molecule has 8 heteroatoms. The maximum absolute atomic E-state index is 13.2. The maximum Gasteiger partial charge on any atom is 0.260 e. The molecule has 0 aliphatic carbocycles. The third kappa shape index (κ3) is 4.29. The van der Waals surface area contributed by atoms with Crippen molar-refractivity contribution in [1.29, 1.82) is 0 Å². The van der Waals surface area contributed by atoms with Gasteiger partial charge in [0, 0.05) is 51.7 Å². The van der Waals surface area contributed by atoms with Gasteiger partial charge in [0.1, 0.15) is 5.82 Å². The highest BCUT2D eigenvalue weighted by Crippen LogP contribution is 2.20. The number of aromatic nitrogens is 2. The van der Waals surface area contributed by atoms with E-state index in [1.807, 2.05) is 0 Å². The molecule has 1 fully saturated rings. The van der Waals surface area contributed by atoms with E-state index in [9.17, 15) is 14.0 Å². The summed E-state index contributed by atoms with van der Waals surface area (Å²) in [4.78, 5) is 34.5. The predicted octanol–water partition coefficient (Wildman–Crippen LogP) is 2.45. The molecule has 3 heterocycles. The predicted molar refractivity (Wildman–Crippen MR) is 117 cm³/mol. The number of methoxy groups -OCH3 is 1. The van der Waals surface area contributed by atoms with Crippen molar-refractivity contribution in [2.24, 2.45) is 0 Å². The zero-order valence-corrected chi connectivity index (χ0v) is 17.7. The van der Waals surface area contributed by atoms with Crippen molar-refractivity contribution in [1.82, 2.24) is 14.5 Å². The number of halogens is 1. The number of hydrogen-bond acceptors (Lipinski definition) is 5. The van der Waals surface area contributed by atoms with Gasteiger partial charge >= 0.3 is 0 Å². The lowest BCUT2D eigenvalue weighted by Crippen LogP contribution is -2.49. The molecule has 0 radical (unpaired) electrons. The summed E-state index contributed by atoms with van der Waals surface area (Å²) in [5.41, 5.74) is 2.39. The SMILES string of the molecule is COCCn1ccc2nc(C)c(C(=O)N3CCN(c4ccc(F)cc4)CC3)cc2c1=O. The second-order valence-electron chi connectivity index (χ2n) is 7.62. The van der Waals surface area contributed by atoms with Crippen molar-refractivity contribution in [3.63, 3.8) is 0 Å². The second kappa shape index (κ2) is 8.85. The number of anilines is 1. The number of benzene rings is 1. The number of nitrogens with zero attached hydrogens (tertiary/aromatic N) is 4. The number of piperazine rings is 1. The van der Waals surface area contributed by atoms with Crippen molar-refractivity contribution in [2.75, 3.05) is 44.8 Å². The van der Waals surface area contributed by atoms with Gasteiger partial charge in [-0.15, -0.1) is 0 Å². The van der Waals surface area contributed by atoms with Crippen LogP contribution < -0.4 is 10.5 Å². The van der Waals surface area contributed by atoms with Gasteiger partial charge in [-0.05, 0) is 43.3 Å². The molecule has 1 aromatic carbocycles. The van der Waals surface area contributed by atoms with E-state index >= 15 is 0 Å². The molecule has 0 N–H and O–H groups in total. The Morgan fingerprint density at radius 2 is 1.84 bits per heavy atom. The molecule has 162 valence electrons. The fourth-order valence-electron chi connectivity index (χ4n) is 3.88. The Kier molecular flexibility index (Phi) is 5.99. The minimum absolute atomic E-state index is 0.127. The molecule has 31 heavy (non-hydrogen) atoms. The molecule has 0 saturated carbocycles. The third-order valence-corrected chi connectivity index (χ3v) is 5.67. The highest BCUT2D eigenvalue weighted by molar-refractivity contribution is 5.98. The fraction of sp³-hybridized carbons (Fsp3) is 0.348. The molecule has 1 amide bonds. The van der Waals surface area contributed by atoms with E-state index in [0.29, 0.717) is 61.5 Å². The van der Waals surface area contributed by atoms with Gasteiger partial charge in [0.05, 0.1) is 28.8 Å². The van der Waals surface area contributed by atoms with Gasteiger partial charge in [-0.25, -0.2) is 4.39 Å². The standard InChI is InChI=1S/C23H25FN4O3/c1-16-19(15-20-21(25-16)7-8-27(23(20)30)13-14-31-2)22(29)28-11-9-26(10-12-28)18-5-3-17(24)4-6-18/h3-8,15H,9-14H2,1-2H3. The summed E-state index contributed by atoms with van der Waals surface area (Å²) in [5, 5.41) is 0.428. The Bertz CT molecular complexity index is 1150. The number of pyridine rings is 2. The smallest absolute Gasteiger partial charge is 0.260 e. The minimum atomic E-state index is -0.266. The fourth-order valence-corrected chi connectivity index (χ4v) is 3.88. The van der Waals surface area contributed by atoms with E-state index in [4.69, 9.17) is 4.74 Å². The van der Waals surface area contributed by atoms with Crippen LogP contribution in [0.25, 0.3) is 10.9 Å². The zero-order chi connectivity index (χ0) is 22.0. The van der Waals surface area contributed by atoms with Gasteiger partial charge in [0.2, 0.25) is 0 Å². The zero-order valence-electron chi connectivity index (χ0n) is 17.7. The van der Waals surface area contributed by atoms with Gasteiger partial charge in [0.15, 0.2) is 0 Å². The molecular formula is C23H25FN4O3. The van der Waals surface area contributed by atoms with Crippen molar-refractivity contribution in [3.05, 3.63) is 70.0 Å². The number of hydrogen-bond donors (Lipinski definition) is 0. The molecule has 0 spiro atoms. The molecule has 3 aromatic rings. The van der Waals surface area contributed by atoms with Crippen molar-refractivity contribution in [3.8, 4) is 0 Å². The number of rotatable bonds is 5. The summed E-state index contributed by atoms with van der Waals surface area (Å²) in [6.45, 7) is 5.05. The average molecular weight is 424 g/mol. The number of carbonyl (C=O) groups is 1. The summed E-state index contributed by atoms with van der Waals surface area (Å²) in [5.74, 6) is -0.393. The van der Waals surface area contributed by atoms with Crippen molar-refractivity contribution in [2.45, 2.75) is 13.5 Å². The molecule has 1 saturated heterocycles. The lowest BCUT2D eigenvalue weighted by Gasteiger charge is -2.36. The first kappa shape index (κ1) is 21.0. The summed E-state index contributed by atoms with van der Waals surface area (Å²) >= 11 is 0. The normalized spacial score (nSPS) is 14.3. The van der Waals surface area contributed by atoms with E-state index in [2.05, 4.69) is 9.88 Å². The van der Waals surface area contributed by atoms with Gasteiger partial charge in [0.25, 0.3) is 11.5 Å². The molecule has 2 aromatic heterocycles. The number of carbonyl (C=O) groups excluding carboxylic acids is 1. The Labute approximate surface area is 179 Å². The first-order valence-corrected chi connectivity index (χ1v) is 10.3. The van der Waals surface area contributed by atoms with Gasteiger partial charge in [-0.2, -0.15) is 0 Å². The van der Waals surface area contributed by atoms with E-state index in [0.717, 1.165) is 5.69 Å². The molecule has 0 atom stereocenters. The highest BCUT2D eigenvalue weighted by Gasteiger charge is 2.24. The molecule has 1 aliphatic heterocycles. The summed E-state index contributed by atoms with van der Waals surface area (Å²) in [6, 6.07) is 9.83. The van der Waals surface area contributed by atoms with Crippen LogP contribution in [0, 0.1) is 12.7 Å². The topological polar surface area (TPSA) is 67.7 Å². The van der Waals surface area contributed by atoms with Crippen molar-refractivity contribution >= 4 is 22.5 Å². The number of fused-ring (bicyclic) bond motifs is 1. The van der Waals surface area contributed by atoms with Crippen LogP contribution in [0.3, 0.4) is 0 Å². The van der Waals surface area contributed by atoms with Crippen molar-refractivity contribution < 1.29 is 13.9 Å². The summed E-state index contributed by atoms with van der Waals surface area (Å²) in [6.07, 6.45) is 1.70. The van der Waals surface area contributed by atoms with E-state index in [1.165, 1.54) is 12.1 Å². The minimum Gasteiger partial charge on any atom is -0.383 e. The van der Waals surface area contributed by atoms with Crippen LogP contribution in [0.4, 0.5) is 10.1 Å². The monoisotopic (exact) mass is 424 g/mol. The molecular weight excluding hydrogens is 399 g/mol. The Morgan fingerprint density at radius 1 is 1.13 bits per heavy atom. The Morgan fingerprint density at radius 3 is 2.52 bits per heavy atom. The van der Waals surface area contributed by atoms with Gasteiger partial charge in [-0.1, -0.05) is 0 Å². The Balaban J connectivity index is 1.54. The van der Waals surface area contributed by atoms with Crippen LogP contribution in [-0.4, -0.2) is 60.3 Å². The number of amides is 1. The van der Waals surface area contributed by atoms with Crippen LogP contribution in [0.5, 0.6) is 0 Å². The van der Waals surface area contributed by atoms with Crippen LogP contribution >= 0.6 is 0 Å². The van der Waals surface area contributed by atoms with Crippen LogP contribution in [0.2, 0.25) is 0 Å². The molecule has 0 bridgehead atoms. The maximum atomic E-state index is 13.2. The van der Waals surface area contributed by atoms with Gasteiger partial charge < -0.3 is 19.1 Å². The van der Waals surface area contributed by atoms with E-state index in [1.54, 1.807) is 54.0 Å². The first-order valence-electron chi connectivity index (χ1n) is 10.3. The van der Waals surface area contributed by atoms with E-state index in [-0.39, 0.29) is 17.3 Å². The molecule has 1 aliphatic rings. The second-order valence-corrected chi connectivity index (χ2v) is 7.62.